The van der Waals surface area contributed by atoms with Crippen molar-refractivity contribution in [2.75, 3.05) is 0 Å². The van der Waals surface area contributed by atoms with Gasteiger partial charge in [0.05, 0.1) is 9.85 Å². The number of ketones is 1. The van der Waals surface area contributed by atoms with E-state index in [1.165, 1.54) is 24.3 Å². The number of aliphatic hydroxyl groups is 1. The summed E-state index contributed by atoms with van der Waals surface area (Å²) in [7, 11) is 0. The van der Waals surface area contributed by atoms with Crippen molar-refractivity contribution in [3.05, 3.63) is 91.0 Å². The summed E-state index contributed by atoms with van der Waals surface area (Å²) < 4.78 is 40.8. The molecule has 3 rings (SSSR count). The number of rotatable bonds is 4. The summed E-state index contributed by atoms with van der Waals surface area (Å²) in [5, 5.41) is 31.8. The Bertz CT molecular complexity index is 1060. The molecule has 1 aliphatic rings. The molecule has 166 valence electrons. The molecule has 1 fully saturated rings. The van der Waals surface area contributed by atoms with Crippen molar-refractivity contribution in [2.24, 2.45) is 0 Å². The molecule has 0 radical (unpaired) electrons. The fraction of sp³-hybridized carbons (Fsp3) is 0.190. The molecule has 0 atom stereocenters. The Balaban J connectivity index is 2.03. The van der Waals surface area contributed by atoms with Crippen molar-refractivity contribution in [3.8, 4) is 0 Å². The molecule has 32 heavy (non-hydrogen) atoms. The summed E-state index contributed by atoms with van der Waals surface area (Å²) in [5.41, 5.74) is -3.79. The van der Waals surface area contributed by atoms with E-state index >= 15 is 0 Å². The molecule has 0 spiro atoms. The minimum Gasteiger partial charge on any atom is -0.380 e. The van der Waals surface area contributed by atoms with Crippen LogP contribution in [0.15, 0.2) is 59.7 Å². The van der Waals surface area contributed by atoms with Gasteiger partial charge in [-0.05, 0) is 47.5 Å². The average molecular weight is 448 g/mol. The lowest BCUT2D eigenvalue weighted by molar-refractivity contribution is -0.385. The molecule has 11 heteroatoms. The first-order chi connectivity index (χ1) is 14.9. The number of hydrogen-bond donors (Lipinski definition) is 1. The van der Waals surface area contributed by atoms with Crippen LogP contribution in [0.2, 0.25) is 0 Å². The van der Waals surface area contributed by atoms with Gasteiger partial charge in [0.1, 0.15) is 0 Å². The minimum absolute atomic E-state index is 0.229. The van der Waals surface area contributed by atoms with Crippen LogP contribution in [0.25, 0.3) is 12.2 Å². The summed E-state index contributed by atoms with van der Waals surface area (Å²) in [6.07, 6.45) is -4.71. The summed E-state index contributed by atoms with van der Waals surface area (Å²) in [5.74, 6) is -0.726. The zero-order valence-corrected chi connectivity index (χ0v) is 16.2. The number of non-ortho nitro benzene ring substituents is 2. The van der Waals surface area contributed by atoms with Gasteiger partial charge < -0.3 is 5.11 Å². The highest BCUT2D eigenvalue weighted by molar-refractivity contribution is 6.14. The number of nitro groups is 2. The minimum atomic E-state index is -5.03. The molecule has 0 aromatic heterocycles. The standard InChI is InChI=1S/C21H15F3N2O6/c22-21(23,24)20(28)11-15(9-13-1-5-17(6-2-13)25(29)30)19(27)16(12-20)10-14-3-7-18(8-4-14)26(31)32/h1-10,28H,11-12H2. The van der Waals surface area contributed by atoms with E-state index in [1.54, 1.807) is 0 Å². The Morgan fingerprint density at radius 2 is 1.16 bits per heavy atom. The van der Waals surface area contributed by atoms with Gasteiger partial charge in [-0.25, -0.2) is 0 Å². The van der Waals surface area contributed by atoms with Crippen molar-refractivity contribution < 1.29 is 32.9 Å². The molecule has 0 unspecified atom stereocenters. The molecule has 0 saturated heterocycles. The van der Waals surface area contributed by atoms with Crippen LogP contribution in [0.3, 0.4) is 0 Å². The highest BCUT2D eigenvalue weighted by Crippen LogP contribution is 2.45. The Kier molecular flexibility index (Phi) is 5.95. The molecule has 8 nitrogen and oxygen atoms in total. The highest BCUT2D eigenvalue weighted by Gasteiger charge is 2.57. The van der Waals surface area contributed by atoms with E-state index in [-0.39, 0.29) is 33.6 Å². The largest absolute Gasteiger partial charge is 0.417 e. The maximum Gasteiger partial charge on any atom is 0.417 e. The summed E-state index contributed by atoms with van der Waals surface area (Å²) >= 11 is 0. The van der Waals surface area contributed by atoms with Crippen molar-refractivity contribution in [1.29, 1.82) is 0 Å². The Labute approximate surface area is 178 Å². The van der Waals surface area contributed by atoms with E-state index in [9.17, 15) is 43.3 Å². The van der Waals surface area contributed by atoms with Crippen molar-refractivity contribution >= 4 is 29.3 Å². The molecule has 1 saturated carbocycles. The number of carbonyl (C=O) groups is 1. The van der Waals surface area contributed by atoms with E-state index < -0.39 is 40.2 Å². The third kappa shape index (κ3) is 4.72. The van der Waals surface area contributed by atoms with Crippen molar-refractivity contribution in [2.45, 2.75) is 24.6 Å². The molecular weight excluding hydrogens is 433 g/mol. The number of nitro benzene ring substituents is 2. The van der Waals surface area contributed by atoms with Crippen LogP contribution >= 0.6 is 0 Å². The van der Waals surface area contributed by atoms with Crippen LogP contribution < -0.4 is 0 Å². The van der Waals surface area contributed by atoms with E-state index in [4.69, 9.17) is 0 Å². The van der Waals surface area contributed by atoms with Crippen LogP contribution in [-0.4, -0.2) is 32.5 Å². The predicted octanol–water partition coefficient (Wildman–Crippen LogP) is 4.63. The summed E-state index contributed by atoms with van der Waals surface area (Å²) in [6.45, 7) is 0. The third-order valence-corrected chi connectivity index (χ3v) is 4.97. The molecule has 2 aromatic rings. The number of Topliss-reactive ketones (excluding diaryl/α,β-unsaturated/α-hetero) is 1. The lowest BCUT2D eigenvalue weighted by Gasteiger charge is -2.35. The quantitative estimate of drug-likeness (QED) is 0.413. The molecule has 0 aliphatic heterocycles. The number of nitrogens with zero attached hydrogens (tertiary/aromatic N) is 2. The molecule has 0 amide bonds. The van der Waals surface area contributed by atoms with Gasteiger partial charge in [0.25, 0.3) is 11.4 Å². The fourth-order valence-electron chi connectivity index (χ4n) is 3.28. The first-order valence-electron chi connectivity index (χ1n) is 9.13. The molecule has 0 heterocycles. The smallest absolute Gasteiger partial charge is 0.380 e. The van der Waals surface area contributed by atoms with Gasteiger partial charge in [0.2, 0.25) is 0 Å². The van der Waals surface area contributed by atoms with Crippen molar-refractivity contribution in [1.82, 2.24) is 0 Å². The van der Waals surface area contributed by atoms with Crippen LogP contribution in [0.4, 0.5) is 24.5 Å². The van der Waals surface area contributed by atoms with E-state index in [0.29, 0.717) is 0 Å². The maximum atomic E-state index is 13.6. The SMILES string of the molecule is O=C1C(=Cc2ccc([N+](=O)[O-])cc2)CC(O)(C(F)(F)F)CC1=Cc1ccc([N+](=O)[O-])cc1. The summed E-state index contributed by atoms with van der Waals surface area (Å²) in [4.78, 5) is 33.1. The number of halogens is 3. The number of carbonyl (C=O) groups excluding carboxylic acids is 1. The lowest BCUT2D eigenvalue weighted by Crippen LogP contribution is -2.49. The van der Waals surface area contributed by atoms with Gasteiger partial charge in [-0.2, -0.15) is 13.2 Å². The van der Waals surface area contributed by atoms with Crippen LogP contribution in [0.5, 0.6) is 0 Å². The Hall–Kier alpha value is -3.86. The molecule has 1 aliphatic carbocycles. The molecule has 0 bridgehead atoms. The fourth-order valence-corrected chi connectivity index (χ4v) is 3.28. The molecular formula is C21H15F3N2O6. The van der Waals surface area contributed by atoms with Crippen LogP contribution in [0, 0.1) is 20.2 Å². The maximum absolute atomic E-state index is 13.6. The molecule has 1 N–H and O–H groups in total. The monoisotopic (exact) mass is 448 g/mol. The average Bonchev–Trinajstić information content (AvgIpc) is 2.71. The number of hydrogen-bond acceptors (Lipinski definition) is 6. The number of alkyl halides is 3. The third-order valence-electron chi connectivity index (χ3n) is 4.97. The topological polar surface area (TPSA) is 124 Å². The lowest BCUT2D eigenvalue weighted by atomic mass is 9.76. The Morgan fingerprint density at radius 3 is 1.44 bits per heavy atom. The Morgan fingerprint density at radius 1 is 0.812 bits per heavy atom. The van der Waals surface area contributed by atoms with Crippen LogP contribution in [-0.2, 0) is 4.79 Å². The van der Waals surface area contributed by atoms with E-state index in [2.05, 4.69) is 0 Å². The molecule has 2 aromatic carbocycles. The van der Waals surface area contributed by atoms with Crippen LogP contribution in [0.1, 0.15) is 24.0 Å². The first kappa shape index (κ1) is 22.8. The van der Waals surface area contributed by atoms with Gasteiger partial charge in [0.15, 0.2) is 11.4 Å². The second-order valence-electron chi connectivity index (χ2n) is 7.25. The second-order valence-corrected chi connectivity index (χ2v) is 7.25. The number of benzene rings is 2. The second kappa shape index (κ2) is 8.35. The first-order valence-corrected chi connectivity index (χ1v) is 9.13. The highest BCUT2D eigenvalue weighted by atomic mass is 19.4. The van der Waals surface area contributed by atoms with Gasteiger partial charge in [-0.1, -0.05) is 0 Å². The van der Waals surface area contributed by atoms with Gasteiger partial charge >= 0.3 is 6.18 Å². The van der Waals surface area contributed by atoms with Gasteiger partial charge in [-0.3, -0.25) is 25.0 Å². The van der Waals surface area contributed by atoms with Gasteiger partial charge in [0, 0.05) is 48.3 Å². The normalized spacial score (nSPS) is 21.7. The van der Waals surface area contributed by atoms with Crippen molar-refractivity contribution in [3.63, 3.8) is 0 Å². The zero-order valence-electron chi connectivity index (χ0n) is 16.2. The van der Waals surface area contributed by atoms with E-state index in [1.807, 2.05) is 0 Å². The zero-order chi connectivity index (χ0) is 23.7. The van der Waals surface area contributed by atoms with E-state index in [0.717, 1.165) is 36.4 Å². The van der Waals surface area contributed by atoms with Gasteiger partial charge in [-0.15, -0.1) is 0 Å². The predicted molar refractivity (Wildman–Crippen MR) is 107 cm³/mol. The summed E-state index contributed by atoms with van der Waals surface area (Å²) in [6, 6.07) is 9.68.